The van der Waals surface area contributed by atoms with Gasteiger partial charge in [0.1, 0.15) is 0 Å². The van der Waals surface area contributed by atoms with Crippen LogP contribution in [-0.2, 0) is 34.7 Å². The molecule has 35 valence electrons. The maximum atomic E-state index is 9.44. The van der Waals surface area contributed by atoms with Crippen molar-refractivity contribution < 1.29 is 62.9 Å². The normalized spacial score (nSPS) is 1.00. The summed E-state index contributed by atoms with van der Waals surface area (Å²) in [6, 6.07) is 0. The van der Waals surface area contributed by atoms with Gasteiger partial charge in [0.2, 0.25) is 0 Å². The van der Waals surface area contributed by atoms with Crippen LogP contribution in [0, 0.1) is 0 Å². The summed E-state index contributed by atoms with van der Waals surface area (Å²) in [5.74, 6) is 0. The Labute approximate surface area is 62.8 Å². The van der Waals surface area contributed by atoms with E-state index in [1.54, 1.807) is 0 Å². The molecule has 0 aromatic heterocycles. The van der Waals surface area contributed by atoms with Crippen molar-refractivity contribution in [3.05, 3.63) is 0 Å². The van der Waals surface area contributed by atoms with Gasteiger partial charge in [-0.15, -0.1) is 0 Å². The molecule has 0 rings (SSSR count). The van der Waals surface area contributed by atoms with Crippen LogP contribution >= 0.6 is 0 Å². The van der Waals surface area contributed by atoms with Crippen molar-refractivity contribution in [3.8, 4) is 0 Å². The van der Waals surface area contributed by atoms with Crippen molar-refractivity contribution >= 4 is 0 Å². The molecule has 0 spiro atoms. The van der Waals surface area contributed by atoms with Gasteiger partial charge in [-0.25, -0.2) is 0 Å². The molecule has 0 aliphatic carbocycles. The fourth-order valence-electron chi connectivity index (χ4n) is 0. The van der Waals surface area contributed by atoms with Crippen LogP contribution in [-0.4, -0.2) is 0 Å². The molecule has 0 aromatic carbocycles. The summed E-state index contributed by atoms with van der Waals surface area (Å²) < 4.78 is 9.44. The third-order valence-electron chi connectivity index (χ3n) is 0. The summed E-state index contributed by atoms with van der Waals surface area (Å²) in [6.45, 7) is 0. The van der Waals surface area contributed by atoms with Crippen LogP contribution < -0.4 is 24.8 Å². The SMILES string of the molecule is [Cl-].[Cl-].[Co+2].[F][V]. The van der Waals surface area contributed by atoms with Crippen LogP contribution in [0.3, 0.4) is 0 Å². The standard InChI is InChI=1S/2ClH.Co.FH.V/h2*1H;;1H;/q;;+2;;+1/p-3. The van der Waals surface area contributed by atoms with E-state index in [0.29, 0.717) is 0 Å². The fraction of sp³-hybridized carbons (Fsp3) is 0. The van der Waals surface area contributed by atoms with Gasteiger partial charge < -0.3 is 24.8 Å². The molecule has 0 saturated carbocycles. The van der Waals surface area contributed by atoms with Crippen LogP contribution in [0.5, 0.6) is 0 Å². The third kappa shape index (κ3) is 28.3. The van der Waals surface area contributed by atoms with E-state index in [0.717, 1.165) is 17.9 Å². The zero-order chi connectivity index (χ0) is 2.00. The predicted octanol–water partition coefficient (Wildman–Crippen LogP) is -5.58. The first-order valence-corrected chi connectivity index (χ1v) is 0.697. The summed E-state index contributed by atoms with van der Waals surface area (Å²) in [4.78, 5) is 0. The molecule has 5 heavy (non-hydrogen) atoms. The van der Waals surface area contributed by atoms with Gasteiger partial charge in [-0.2, -0.15) is 0 Å². The van der Waals surface area contributed by atoms with E-state index in [-0.39, 0.29) is 41.6 Å². The average molecular weight is 200 g/mol. The van der Waals surface area contributed by atoms with Crippen molar-refractivity contribution in [1.29, 1.82) is 0 Å². The Bertz CT molecular complexity index is 9.61. The van der Waals surface area contributed by atoms with Gasteiger partial charge in [0, 0.05) is 0 Å². The topological polar surface area (TPSA) is 0 Å². The molecule has 5 heteroatoms. The number of rotatable bonds is 0. The van der Waals surface area contributed by atoms with Gasteiger partial charge in [0.25, 0.3) is 0 Å². The molecule has 0 heterocycles. The zero-order valence-corrected chi connectivity index (χ0v) is 5.86. The van der Waals surface area contributed by atoms with Crippen LogP contribution in [0.15, 0.2) is 0 Å². The van der Waals surface area contributed by atoms with Gasteiger partial charge in [-0.05, 0) is 0 Å². The summed E-state index contributed by atoms with van der Waals surface area (Å²) in [7, 11) is 0. The molecule has 0 saturated heterocycles. The summed E-state index contributed by atoms with van der Waals surface area (Å²) in [5.41, 5.74) is 0. The molecule has 0 atom stereocenters. The minimum absolute atomic E-state index is 0. The van der Waals surface area contributed by atoms with E-state index < -0.39 is 0 Å². The van der Waals surface area contributed by atoms with Crippen LogP contribution in [0.4, 0.5) is 3.41 Å². The summed E-state index contributed by atoms with van der Waals surface area (Å²) >= 11 is 0.812. The van der Waals surface area contributed by atoms with E-state index in [9.17, 15) is 3.41 Å². The first-order valence-electron chi connectivity index (χ1n) is 0.169. The van der Waals surface area contributed by atoms with E-state index in [4.69, 9.17) is 0 Å². The molecular formula is Cl2CoFV. The number of hydrogen-bond donors (Lipinski definition) is 0. The second-order valence-electron chi connectivity index (χ2n) is 0. The van der Waals surface area contributed by atoms with Crippen molar-refractivity contribution in [3.63, 3.8) is 0 Å². The molecule has 0 aromatic rings. The monoisotopic (exact) mass is 199 g/mol. The molecule has 0 unspecified atom stereocenters. The molecule has 0 bridgehead atoms. The van der Waals surface area contributed by atoms with Gasteiger partial charge >= 0.3 is 38.1 Å². The number of hydrogen-bond acceptors (Lipinski definition) is 0. The molecular weight excluding hydrogens is 200 g/mol. The zero-order valence-electron chi connectivity index (χ0n) is 1.91. The molecule has 1 radical (unpaired) electrons. The van der Waals surface area contributed by atoms with E-state index in [1.165, 1.54) is 0 Å². The Hall–Kier alpha value is 1.60. The molecule has 0 aliphatic heterocycles. The van der Waals surface area contributed by atoms with Crippen molar-refractivity contribution in [2.45, 2.75) is 0 Å². The molecule has 0 fully saturated rings. The first-order chi connectivity index (χ1) is 1.00. The van der Waals surface area contributed by atoms with Crippen molar-refractivity contribution in [1.82, 2.24) is 0 Å². The quantitative estimate of drug-likeness (QED) is 0.365. The van der Waals surface area contributed by atoms with Gasteiger partial charge in [-0.3, -0.25) is 0 Å². The Balaban J connectivity index is -0.00000000167. The van der Waals surface area contributed by atoms with Crippen LogP contribution in [0.2, 0.25) is 0 Å². The van der Waals surface area contributed by atoms with Gasteiger partial charge in [-0.1, -0.05) is 0 Å². The van der Waals surface area contributed by atoms with E-state index >= 15 is 0 Å². The summed E-state index contributed by atoms with van der Waals surface area (Å²) in [6.07, 6.45) is 0. The summed E-state index contributed by atoms with van der Waals surface area (Å²) in [5, 5.41) is 0. The second-order valence-corrected chi connectivity index (χ2v) is 0. The third-order valence-corrected chi connectivity index (χ3v) is 0. The Morgan fingerprint density at radius 1 is 1.00 bits per heavy atom. The Morgan fingerprint density at radius 2 is 1.00 bits per heavy atom. The van der Waals surface area contributed by atoms with E-state index in [2.05, 4.69) is 0 Å². The molecule has 0 nitrogen and oxygen atoms in total. The molecule has 0 N–H and O–H groups in total. The molecule has 0 amide bonds. The Kier molecular flexibility index (Phi) is 283. The fourth-order valence-corrected chi connectivity index (χ4v) is 0. The van der Waals surface area contributed by atoms with Crippen LogP contribution in [0.25, 0.3) is 0 Å². The minimum atomic E-state index is 0. The van der Waals surface area contributed by atoms with Crippen molar-refractivity contribution in [2.75, 3.05) is 0 Å². The van der Waals surface area contributed by atoms with Gasteiger partial charge in [0.15, 0.2) is 0 Å². The van der Waals surface area contributed by atoms with Gasteiger partial charge in [0.05, 0.1) is 0 Å². The van der Waals surface area contributed by atoms with Crippen LogP contribution in [0.1, 0.15) is 0 Å². The number of halogens is 3. The second kappa shape index (κ2) is 46.3. The van der Waals surface area contributed by atoms with Crippen molar-refractivity contribution in [2.24, 2.45) is 0 Å². The van der Waals surface area contributed by atoms with E-state index in [1.807, 2.05) is 0 Å². The predicted molar refractivity (Wildman–Crippen MR) is 1.11 cm³/mol. The average Bonchev–Trinajstić information content (AvgIpc) is 1.00. The maximum absolute atomic E-state index is 9.44. The first kappa shape index (κ1) is 30.6. The Morgan fingerprint density at radius 3 is 1.00 bits per heavy atom. The molecule has 0 aliphatic rings.